The van der Waals surface area contributed by atoms with E-state index < -0.39 is 6.36 Å². The van der Waals surface area contributed by atoms with Gasteiger partial charge in [-0.1, -0.05) is 17.3 Å². The molecule has 0 amide bonds. The van der Waals surface area contributed by atoms with Crippen molar-refractivity contribution < 1.29 is 17.9 Å². The van der Waals surface area contributed by atoms with E-state index in [-0.39, 0.29) is 5.75 Å². The summed E-state index contributed by atoms with van der Waals surface area (Å²) < 4.78 is 41.6. The molecule has 0 N–H and O–H groups in total. The summed E-state index contributed by atoms with van der Waals surface area (Å²) in [6, 6.07) is 9.34. The van der Waals surface area contributed by atoms with Crippen LogP contribution in [0.3, 0.4) is 0 Å². The zero-order chi connectivity index (χ0) is 14.2. The second-order valence-corrected chi connectivity index (χ2v) is 4.09. The minimum atomic E-state index is -4.68. The standard InChI is InChI=1S/C13H8F3N3O/c14-13(15,16)20-12-3-1-9(2-4-12)10-5-6-19-11(7-10)8-17-18-19/h1-8H. The van der Waals surface area contributed by atoms with Gasteiger partial charge in [0.2, 0.25) is 0 Å². The predicted octanol–water partition coefficient (Wildman–Crippen LogP) is 3.29. The van der Waals surface area contributed by atoms with Gasteiger partial charge >= 0.3 is 6.36 Å². The largest absolute Gasteiger partial charge is 0.573 e. The van der Waals surface area contributed by atoms with Gasteiger partial charge in [0.15, 0.2) is 0 Å². The lowest BCUT2D eigenvalue weighted by Gasteiger charge is -2.09. The molecule has 20 heavy (non-hydrogen) atoms. The Labute approximate surface area is 111 Å². The van der Waals surface area contributed by atoms with Crippen molar-refractivity contribution in [3.63, 3.8) is 0 Å². The van der Waals surface area contributed by atoms with Crippen molar-refractivity contribution in [3.8, 4) is 16.9 Å². The second-order valence-electron chi connectivity index (χ2n) is 4.09. The maximum Gasteiger partial charge on any atom is 0.573 e. The first kappa shape index (κ1) is 12.5. The van der Waals surface area contributed by atoms with Crippen molar-refractivity contribution in [2.75, 3.05) is 0 Å². The molecule has 0 unspecified atom stereocenters. The normalized spacial score (nSPS) is 11.8. The van der Waals surface area contributed by atoms with Crippen LogP contribution in [-0.4, -0.2) is 21.2 Å². The molecule has 0 aliphatic carbocycles. The van der Waals surface area contributed by atoms with E-state index in [4.69, 9.17) is 0 Å². The average molecular weight is 279 g/mol. The van der Waals surface area contributed by atoms with Crippen LogP contribution >= 0.6 is 0 Å². The molecule has 0 aliphatic rings. The van der Waals surface area contributed by atoms with E-state index >= 15 is 0 Å². The molecule has 102 valence electrons. The zero-order valence-corrected chi connectivity index (χ0v) is 10.0. The molecule has 0 saturated heterocycles. The van der Waals surface area contributed by atoms with Crippen LogP contribution in [0.2, 0.25) is 0 Å². The van der Waals surface area contributed by atoms with Crippen molar-refractivity contribution >= 4 is 5.52 Å². The third-order valence-electron chi connectivity index (χ3n) is 2.72. The molecule has 0 radical (unpaired) electrons. The number of rotatable bonds is 2. The fraction of sp³-hybridized carbons (Fsp3) is 0.0769. The number of hydrogen-bond donors (Lipinski definition) is 0. The van der Waals surface area contributed by atoms with Gasteiger partial charge in [-0.25, -0.2) is 4.52 Å². The third kappa shape index (κ3) is 2.56. The molecule has 4 nitrogen and oxygen atoms in total. The van der Waals surface area contributed by atoms with Gasteiger partial charge in [-0.3, -0.25) is 0 Å². The predicted molar refractivity (Wildman–Crippen MR) is 65.1 cm³/mol. The molecule has 7 heteroatoms. The Morgan fingerprint density at radius 1 is 1.00 bits per heavy atom. The molecule has 0 atom stereocenters. The number of aromatic nitrogens is 3. The Kier molecular flexibility index (Phi) is 2.81. The van der Waals surface area contributed by atoms with Gasteiger partial charge in [0.25, 0.3) is 0 Å². The van der Waals surface area contributed by atoms with Crippen LogP contribution in [0.1, 0.15) is 0 Å². The first-order valence-electron chi connectivity index (χ1n) is 5.67. The maximum absolute atomic E-state index is 12.1. The van der Waals surface area contributed by atoms with Crippen LogP contribution < -0.4 is 4.74 Å². The zero-order valence-electron chi connectivity index (χ0n) is 10.0. The average Bonchev–Trinajstić information content (AvgIpc) is 2.85. The van der Waals surface area contributed by atoms with Crippen molar-refractivity contribution in [2.24, 2.45) is 0 Å². The van der Waals surface area contributed by atoms with Gasteiger partial charge in [0.05, 0.1) is 11.7 Å². The molecule has 1 aromatic carbocycles. The molecule has 0 bridgehead atoms. The maximum atomic E-state index is 12.1. The molecule has 2 aromatic heterocycles. The minimum absolute atomic E-state index is 0.242. The smallest absolute Gasteiger partial charge is 0.406 e. The van der Waals surface area contributed by atoms with E-state index in [1.165, 1.54) is 12.1 Å². The number of ether oxygens (including phenoxy) is 1. The molecular weight excluding hydrogens is 271 g/mol. The fourth-order valence-electron chi connectivity index (χ4n) is 1.86. The van der Waals surface area contributed by atoms with Gasteiger partial charge in [-0.15, -0.1) is 18.3 Å². The first-order valence-corrected chi connectivity index (χ1v) is 5.67. The van der Waals surface area contributed by atoms with Crippen LogP contribution in [0.25, 0.3) is 16.6 Å². The van der Waals surface area contributed by atoms with Crippen molar-refractivity contribution in [2.45, 2.75) is 6.36 Å². The second kappa shape index (κ2) is 4.52. The van der Waals surface area contributed by atoms with Gasteiger partial charge in [-0.05, 0) is 35.4 Å². The van der Waals surface area contributed by atoms with E-state index in [2.05, 4.69) is 15.0 Å². The third-order valence-corrected chi connectivity index (χ3v) is 2.72. The molecule has 2 heterocycles. The number of hydrogen-bond acceptors (Lipinski definition) is 3. The number of benzene rings is 1. The van der Waals surface area contributed by atoms with E-state index in [0.29, 0.717) is 0 Å². The van der Waals surface area contributed by atoms with Crippen molar-refractivity contribution in [1.29, 1.82) is 0 Å². The van der Waals surface area contributed by atoms with Gasteiger partial charge in [0, 0.05) is 6.20 Å². The molecule has 0 spiro atoms. The molecule has 0 fully saturated rings. The lowest BCUT2D eigenvalue weighted by molar-refractivity contribution is -0.274. The molecular formula is C13H8F3N3O. The van der Waals surface area contributed by atoms with E-state index in [1.54, 1.807) is 35.1 Å². The van der Waals surface area contributed by atoms with Gasteiger partial charge in [0.1, 0.15) is 5.75 Å². The number of halogens is 3. The monoisotopic (exact) mass is 279 g/mol. The number of nitrogens with zero attached hydrogens (tertiary/aromatic N) is 3. The highest BCUT2D eigenvalue weighted by Crippen LogP contribution is 2.26. The Hall–Kier alpha value is -2.57. The molecule has 0 saturated carbocycles. The van der Waals surface area contributed by atoms with Crippen LogP contribution in [0.5, 0.6) is 5.75 Å². The van der Waals surface area contributed by atoms with Crippen LogP contribution in [-0.2, 0) is 0 Å². The SMILES string of the molecule is FC(F)(F)Oc1ccc(-c2ccn3nncc3c2)cc1. The first-order chi connectivity index (χ1) is 9.51. The van der Waals surface area contributed by atoms with E-state index in [0.717, 1.165) is 16.6 Å². The quantitative estimate of drug-likeness (QED) is 0.722. The minimum Gasteiger partial charge on any atom is -0.406 e. The molecule has 0 aliphatic heterocycles. The summed E-state index contributed by atoms with van der Waals surface area (Å²) in [7, 11) is 0. The summed E-state index contributed by atoms with van der Waals surface area (Å²) in [6.07, 6.45) is -1.34. The highest BCUT2D eigenvalue weighted by Gasteiger charge is 2.30. The summed E-state index contributed by atoms with van der Waals surface area (Å²) in [5.74, 6) is -0.242. The van der Waals surface area contributed by atoms with Crippen LogP contribution in [0.4, 0.5) is 13.2 Å². The lowest BCUT2D eigenvalue weighted by Crippen LogP contribution is -2.16. The Morgan fingerprint density at radius 3 is 2.45 bits per heavy atom. The van der Waals surface area contributed by atoms with E-state index in [1.807, 2.05) is 6.07 Å². The summed E-state index contributed by atoms with van der Waals surface area (Å²) in [5.41, 5.74) is 2.44. The van der Waals surface area contributed by atoms with Gasteiger partial charge < -0.3 is 4.74 Å². The molecule has 3 aromatic rings. The Bertz CT molecular complexity index is 734. The van der Waals surface area contributed by atoms with Crippen LogP contribution in [0.15, 0.2) is 48.8 Å². The summed E-state index contributed by atoms with van der Waals surface area (Å²) >= 11 is 0. The Balaban J connectivity index is 1.90. The number of pyridine rings is 1. The van der Waals surface area contributed by atoms with E-state index in [9.17, 15) is 13.2 Å². The van der Waals surface area contributed by atoms with Gasteiger partial charge in [-0.2, -0.15) is 0 Å². The highest BCUT2D eigenvalue weighted by molar-refractivity contribution is 5.68. The Morgan fingerprint density at radius 2 is 1.75 bits per heavy atom. The van der Waals surface area contributed by atoms with Crippen molar-refractivity contribution in [1.82, 2.24) is 14.8 Å². The summed E-state index contributed by atoms with van der Waals surface area (Å²) in [6.45, 7) is 0. The number of fused-ring (bicyclic) bond motifs is 1. The molecule has 3 rings (SSSR count). The number of alkyl halides is 3. The topological polar surface area (TPSA) is 39.4 Å². The van der Waals surface area contributed by atoms with Crippen molar-refractivity contribution in [3.05, 3.63) is 48.8 Å². The lowest BCUT2D eigenvalue weighted by atomic mass is 10.1. The summed E-state index contributed by atoms with van der Waals surface area (Å²) in [5, 5.41) is 7.59. The summed E-state index contributed by atoms with van der Waals surface area (Å²) in [4.78, 5) is 0. The highest BCUT2D eigenvalue weighted by atomic mass is 19.4. The van der Waals surface area contributed by atoms with Crippen LogP contribution in [0, 0.1) is 0 Å². The fourth-order valence-corrected chi connectivity index (χ4v) is 1.86.